The number of sulfonamides is 1. The summed E-state index contributed by atoms with van der Waals surface area (Å²) in [5.41, 5.74) is 5.65. The number of carbonyl (C=O) groups is 1. The molecule has 0 aliphatic carbocycles. The largest absolute Gasteiger partial charge is 0.495 e. The number of fused-ring (bicyclic) bond motifs is 4. The van der Waals surface area contributed by atoms with Crippen molar-refractivity contribution in [1.29, 1.82) is 0 Å². The van der Waals surface area contributed by atoms with E-state index < -0.39 is 28.8 Å². The molecule has 3 N–H and O–H groups in total. The summed E-state index contributed by atoms with van der Waals surface area (Å²) in [5, 5.41) is 20.7. The van der Waals surface area contributed by atoms with Gasteiger partial charge in [0.1, 0.15) is 29.2 Å². The SMILES string of the molecule is COc1cc(S(=O)(=O)N(C)CCOCCOCCOCCNC(=O)C[C@@H]2N=C(c3ccc(Cl)cc3)c3c(sc(C)c3C)-n3c(C)nnc32)ccc1NCC#Cc1cc2c(NC3CCN(C)CC3)cccc2n1CC(F)(F)F. The Morgan fingerprint density at radius 3 is 2.36 bits per heavy atom. The van der Waals surface area contributed by atoms with Gasteiger partial charge >= 0.3 is 6.18 Å². The lowest BCUT2D eigenvalue weighted by molar-refractivity contribution is -0.140. The van der Waals surface area contributed by atoms with Crippen LogP contribution in [0.5, 0.6) is 5.75 Å². The summed E-state index contributed by atoms with van der Waals surface area (Å²) in [6.07, 6.45) is -2.54. The van der Waals surface area contributed by atoms with E-state index >= 15 is 0 Å². The molecule has 0 radical (unpaired) electrons. The fourth-order valence-electron chi connectivity index (χ4n) is 9.17. The van der Waals surface area contributed by atoms with Crippen LogP contribution in [0.3, 0.4) is 0 Å². The Labute approximate surface area is 456 Å². The van der Waals surface area contributed by atoms with Crippen molar-refractivity contribution in [3.63, 3.8) is 0 Å². The number of aliphatic imine (C=N–C) groups is 1. The van der Waals surface area contributed by atoms with Crippen LogP contribution in [-0.4, -0.2) is 154 Å². The van der Waals surface area contributed by atoms with Gasteiger partial charge in [0.05, 0.1) is 87.2 Å². The van der Waals surface area contributed by atoms with E-state index in [9.17, 15) is 26.4 Å². The first-order chi connectivity index (χ1) is 36.9. The second kappa shape index (κ2) is 25.6. The highest BCUT2D eigenvalue weighted by molar-refractivity contribution is 7.89. The number of aromatic nitrogens is 4. The van der Waals surface area contributed by atoms with Crippen LogP contribution in [-0.2, 0) is 35.6 Å². The third kappa shape index (κ3) is 14.2. The van der Waals surface area contributed by atoms with Crippen molar-refractivity contribution in [3.8, 4) is 22.6 Å². The summed E-state index contributed by atoms with van der Waals surface area (Å²) in [5.74, 6) is 7.20. The van der Waals surface area contributed by atoms with Crippen molar-refractivity contribution < 1.29 is 45.3 Å². The summed E-state index contributed by atoms with van der Waals surface area (Å²) in [4.78, 5) is 21.8. The van der Waals surface area contributed by atoms with Crippen LogP contribution in [0.1, 0.15) is 64.2 Å². The molecular formula is C54H64ClF3N10O7S2. The molecule has 1 amide bonds. The number of piperidine rings is 1. The molecule has 3 aromatic carbocycles. The first-order valence-electron chi connectivity index (χ1n) is 25.3. The Morgan fingerprint density at radius 1 is 0.935 bits per heavy atom. The summed E-state index contributed by atoms with van der Waals surface area (Å²) in [6.45, 7) is 8.58. The number of nitrogens with one attached hydrogen (secondary N) is 3. The minimum atomic E-state index is -4.46. The molecule has 412 valence electrons. The number of amides is 1. The Kier molecular flexibility index (Phi) is 19.0. The molecule has 0 bridgehead atoms. The normalized spacial score (nSPS) is 15.2. The number of aryl methyl sites for hydroxylation is 2. The van der Waals surface area contributed by atoms with Gasteiger partial charge in [0.15, 0.2) is 5.82 Å². The van der Waals surface area contributed by atoms with E-state index in [0.717, 1.165) is 63.9 Å². The molecule has 1 fully saturated rings. The predicted octanol–water partition coefficient (Wildman–Crippen LogP) is 8.17. The van der Waals surface area contributed by atoms with Gasteiger partial charge in [-0.1, -0.05) is 35.7 Å². The number of likely N-dealkylation sites (N-methyl/N-ethyl adjacent to an activating group) is 1. The van der Waals surface area contributed by atoms with Crippen LogP contribution < -0.4 is 20.7 Å². The molecule has 2 aliphatic rings. The minimum Gasteiger partial charge on any atom is -0.495 e. The van der Waals surface area contributed by atoms with Gasteiger partial charge in [-0.3, -0.25) is 14.4 Å². The van der Waals surface area contributed by atoms with E-state index in [2.05, 4.69) is 63.8 Å². The second-order valence-electron chi connectivity index (χ2n) is 18.8. The topological polar surface area (TPSA) is 179 Å². The number of hydrogen-bond acceptors (Lipinski definition) is 14. The number of hydrogen-bond donors (Lipinski definition) is 3. The van der Waals surface area contributed by atoms with Gasteiger partial charge in [0, 0.05) is 64.3 Å². The highest BCUT2D eigenvalue weighted by Gasteiger charge is 2.33. The number of ether oxygens (including phenoxy) is 4. The number of likely N-dealkylation sites (tertiary alicyclic amines) is 1. The lowest BCUT2D eigenvalue weighted by atomic mass is 9.99. The maximum Gasteiger partial charge on any atom is 0.406 e. The van der Waals surface area contributed by atoms with E-state index in [1.165, 1.54) is 35.2 Å². The van der Waals surface area contributed by atoms with Crippen LogP contribution in [0.4, 0.5) is 24.5 Å². The third-order valence-corrected chi connectivity index (χ3v) is 16.7. The summed E-state index contributed by atoms with van der Waals surface area (Å²) in [7, 11) is 1.000. The Morgan fingerprint density at radius 2 is 1.65 bits per heavy atom. The molecule has 77 heavy (non-hydrogen) atoms. The lowest BCUT2D eigenvalue weighted by Crippen LogP contribution is -2.36. The molecule has 1 saturated heterocycles. The number of benzene rings is 3. The average Bonchev–Trinajstić information content (AvgIpc) is 4.19. The second-order valence-corrected chi connectivity index (χ2v) is 22.5. The standard InChI is InChI=1S/C54H64ClF3N10O7S2/c1-35-36(2)76-53-50(35)51(38-12-14-39(55)15-13-38)62-46(52-64-63-37(3)68(52)53)33-49(69)60-21-25-73-27-29-75-30-28-74-26-24-66(5)77(70,71)42-16-17-45(48(32-42)72-6)59-20-8-9-41-31-43-44(61-40-18-22-65(4)23-19-40)10-7-11-47(43)67(41)34-54(56,57)58/h7,10-17,31-32,40,46,59,61H,18-30,33-34H2,1-6H3,(H,60,69)/t46-/m0/s1. The third-order valence-electron chi connectivity index (χ3n) is 13.4. The van der Waals surface area contributed by atoms with Gasteiger partial charge in [-0.05, 0) is 108 Å². The van der Waals surface area contributed by atoms with Crippen LogP contribution in [0.25, 0.3) is 15.9 Å². The average molecular weight is 1120 g/mol. The number of carbonyl (C=O) groups excluding carboxylic acids is 1. The van der Waals surface area contributed by atoms with Crippen molar-refractivity contribution in [1.82, 2.24) is 33.9 Å². The molecule has 2 aliphatic heterocycles. The first-order valence-corrected chi connectivity index (χ1v) is 27.9. The Bertz CT molecular complexity index is 3230. The monoisotopic (exact) mass is 1120 g/mol. The molecule has 23 heteroatoms. The van der Waals surface area contributed by atoms with Gasteiger partial charge < -0.3 is 44.4 Å². The van der Waals surface area contributed by atoms with Crippen molar-refractivity contribution in [2.24, 2.45) is 4.99 Å². The van der Waals surface area contributed by atoms with E-state index in [1.807, 2.05) is 41.8 Å². The van der Waals surface area contributed by atoms with Crippen molar-refractivity contribution in [3.05, 3.63) is 111 Å². The molecule has 0 unspecified atom stereocenters. The maximum atomic E-state index is 13.8. The number of alkyl halides is 3. The van der Waals surface area contributed by atoms with Crippen molar-refractivity contribution in [2.75, 3.05) is 104 Å². The highest BCUT2D eigenvalue weighted by Crippen LogP contribution is 2.40. The molecule has 0 saturated carbocycles. The van der Waals surface area contributed by atoms with Gasteiger partial charge in [-0.25, -0.2) is 8.42 Å². The zero-order chi connectivity index (χ0) is 54.9. The quantitative estimate of drug-likeness (QED) is 0.0415. The van der Waals surface area contributed by atoms with E-state index in [-0.39, 0.29) is 87.4 Å². The van der Waals surface area contributed by atoms with E-state index in [0.29, 0.717) is 39.9 Å². The number of halogens is 4. The fourth-order valence-corrected chi connectivity index (χ4v) is 11.7. The molecule has 6 aromatic rings. The zero-order valence-corrected chi connectivity index (χ0v) is 46.3. The smallest absolute Gasteiger partial charge is 0.406 e. The van der Waals surface area contributed by atoms with Crippen LogP contribution in [0.2, 0.25) is 5.02 Å². The molecule has 0 spiro atoms. The van der Waals surface area contributed by atoms with Crippen molar-refractivity contribution in [2.45, 2.75) is 69.7 Å². The van der Waals surface area contributed by atoms with Crippen molar-refractivity contribution >= 4 is 66.9 Å². The van der Waals surface area contributed by atoms with Crippen LogP contribution in [0.15, 0.2) is 76.6 Å². The number of methoxy groups -OCH3 is 1. The van der Waals surface area contributed by atoms with E-state index in [4.69, 9.17) is 35.5 Å². The Hall–Kier alpha value is -6.03. The molecule has 1 atom stereocenters. The lowest BCUT2D eigenvalue weighted by Gasteiger charge is -2.30. The van der Waals surface area contributed by atoms with E-state index in [1.54, 1.807) is 35.6 Å². The summed E-state index contributed by atoms with van der Waals surface area (Å²) in [6, 6.07) is 18.5. The van der Waals surface area contributed by atoms with Gasteiger partial charge in [0.25, 0.3) is 0 Å². The number of rotatable bonds is 23. The number of nitrogens with zero attached hydrogens (tertiary/aromatic N) is 7. The number of thiophene rings is 1. The minimum absolute atomic E-state index is 0.00150. The zero-order valence-electron chi connectivity index (χ0n) is 43.9. The van der Waals surface area contributed by atoms with Crippen LogP contribution in [0, 0.1) is 32.6 Å². The Balaban J connectivity index is 0.739. The molecular weight excluding hydrogens is 1060 g/mol. The fraction of sp³-hybridized carbons (Fsp3) is 0.444. The highest BCUT2D eigenvalue weighted by atomic mass is 35.5. The molecule has 3 aromatic heterocycles. The first kappa shape index (κ1) is 57.2. The summed E-state index contributed by atoms with van der Waals surface area (Å²) >= 11 is 7.88. The predicted molar refractivity (Wildman–Crippen MR) is 294 cm³/mol. The van der Waals surface area contributed by atoms with Gasteiger partial charge in [0.2, 0.25) is 15.9 Å². The maximum absolute atomic E-state index is 13.8. The summed E-state index contributed by atoms with van der Waals surface area (Å²) < 4.78 is 95.3. The molecule has 5 heterocycles. The van der Waals surface area contributed by atoms with Crippen LogP contribution >= 0.6 is 22.9 Å². The van der Waals surface area contributed by atoms with Gasteiger partial charge in [-0.2, -0.15) is 17.5 Å². The van der Waals surface area contributed by atoms with Gasteiger partial charge in [-0.15, -0.1) is 21.5 Å². The molecule has 17 nitrogen and oxygen atoms in total. The number of anilines is 2. The molecule has 8 rings (SSSR count).